The van der Waals surface area contributed by atoms with Gasteiger partial charge < -0.3 is 5.32 Å². The topological polar surface area (TPSA) is 85.8 Å². The molecule has 0 saturated heterocycles. The Morgan fingerprint density at radius 2 is 2.32 bits per heavy atom. The molecular formula is C10H11ClN8. The molecule has 8 nitrogen and oxygen atoms in total. The van der Waals surface area contributed by atoms with E-state index in [4.69, 9.17) is 11.6 Å². The van der Waals surface area contributed by atoms with Gasteiger partial charge in [0.05, 0.1) is 12.7 Å². The fraction of sp³-hybridized carbons (Fsp3) is 0.300. The van der Waals surface area contributed by atoms with Gasteiger partial charge in [0.15, 0.2) is 0 Å². The molecule has 3 aromatic heterocycles. The van der Waals surface area contributed by atoms with E-state index in [1.165, 1.54) is 6.33 Å². The van der Waals surface area contributed by atoms with Gasteiger partial charge in [-0.2, -0.15) is 19.6 Å². The Balaban J connectivity index is 1.83. The normalized spacial score (nSPS) is 11.1. The maximum absolute atomic E-state index is 6.07. The van der Waals surface area contributed by atoms with E-state index in [1.807, 2.05) is 6.92 Å². The van der Waals surface area contributed by atoms with Gasteiger partial charge in [-0.15, -0.1) is 5.10 Å². The van der Waals surface area contributed by atoms with Crippen LogP contribution >= 0.6 is 11.6 Å². The van der Waals surface area contributed by atoms with Gasteiger partial charge >= 0.3 is 0 Å². The molecule has 0 saturated carbocycles. The summed E-state index contributed by atoms with van der Waals surface area (Å²) in [6.45, 7) is 3.24. The van der Waals surface area contributed by atoms with E-state index in [-0.39, 0.29) is 0 Å². The number of fused-ring (bicyclic) bond motifs is 1. The third kappa shape index (κ3) is 2.22. The van der Waals surface area contributed by atoms with Crippen molar-refractivity contribution in [2.24, 2.45) is 0 Å². The summed E-state index contributed by atoms with van der Waals surface area (Å²) < 4.78 is 3.37. The standard InChI is InChI=1S/C10H11ClN8/c1-7-8(11)16-10-13-6-15-19(10)9(7)12-2-4-18-5-3-14-17-18/h3,5-6,12H,2,4H2,1H3. The minimum absolute atomic E-state index is 0.420. The number of anilines is 1. The summed E-state index contributed by atoms with van der Waals surface area (Å²) in [7, 11) is 0. The quantitative estimate of drug-likeness (QED) is 0.710. The Labute approximate surface area is 113 Å². The first kappa shape index (κ1) is 11.8. The van der Waals surface area contributed by atoms with Crippen molar-refractivity contribution in [2.45, 2.75) is 13.5 Å². The van der Waals surface area contributed by atoms with Crippen molar-refractivity contribution in [2.75, 3.05) is 11.9 Å². The van der Waals surface area contributed by atoms with E-state index in [2.05, 4.69) is 30.7 Å². The van der Waals surface area contributed by atoms with Crippen LogP contribution < -0.4 is 5.32 Å². The molecule has 19 heavy (non-hydrogen) atoms. The zero-order valence-electron chi connectivity index (χ0n) is 10.2. The van der Waals surface area contributed by atoms with E-state index >= 15 is 0 Å². The van der Waals surface area contributed by atoms with Crippen molar-refractivity contribution in [3.63, 3.8) is 0 Å². The van der Waals surface area contributed by atoms with Gasteiger partial charge in [-0.05, 0) is 6.92 Å². The Hall–Kier alpha value is -2.22. The molecule has 0 unspecified atom stereocenters. The first-order valence-corrected chi connectivity index (χ1v) is 6.07. The number of nitrogens with zero attached hydrogens (tertiary/aromatic N) is 7. The van der Waals surface area contributed by atoms with Crippen LogP contribution in [0.4, 0.5) is 5.82 Å². The van der Waals surface area contributed by atoms with Gasteiger partial charge in [-0.3, -0.25) is 4.68 Å². The Bertz CT molecular complexity index is 689. The first-order chi connectivity index (χ1) is 9.25. The summed E-state index contributed by atoms with van der Waals surface area (Å²) >= 11 is 6.07. The molecule has 0 bridgehead atoms. The monoisotopic (exact) mass is 278 g/mol. The predicted molar refractivity (Wildman–Crippen MR) is 69.0 cm³/mol. The van der Waals surface area contributed by atoms with Crippen LogP contribution in [0.15, 0.2) is 18.7 Å². The molecule has 0 radical (unpaired) electrons. The van der Waals surface area contributed by atoms with Crippen LogP contribution in [-0.2, 0) is 6.54 Å². The first-order valence-electron chi connectivity index (χ1n) is 5.69. The molecule has 0 spiro atoms. The van der Waals surface area contributed by atoms with E-state index in [1.54, 1.807) is 21.6 Å². The van der Waals surface area contributed by atoms with E-state index in [0.29, 0.717) is 24.0 Å². The number of rotatable bonds is 4. The Morgan fingerprint density at radius 1 is 1.42 bits per heavy atom. The highest BCUT2D eigenvalue weighted by molar-refractivity contribution is 6.30. The molecule has 0 fully saturated rings. The van der Waals surface area contributed by atoms with Crippen LogP contribution in [-0.4, -0.2) is 41.1 Å². The highest BCUT2D eigenvalue weighted by Gasteiger charge is 2.11. The average Bonchev–Trinajstić information content (AvgIpc) is 3.04. The van der Waals surface area contributed by atoms with Gasteiger partial charge in [0, 0.05) is 18.3 Å². The third-order valence-corrected chi connectivity index (χ3v) is 3.08. The molecule has 3 heterocycles. The second-order valence-corrected chi connectivity index (χ2v) is 4.30. The fourth-order valence-electron chi connectivity index (χ4n) is 1.75. The summed E-state index contributed by atoms with van der Waals surface area (Å²) in [5.41, 5.74) is 0.832. The largest absolute Gasteiger partial charge is 0.368 e. The van der Waals surface area contributed by atoms with Crippen molar-refractivity contribution in [3.05, 3.63) is 29.4 Å². The fourth-order valence-corrected chi connectivity index (χ4v) is 1.91. The molecule has 0 aliphatic carbocycles. The summed E-state index contributed by atoms with van der Waals surface area (Å²) in [6.07, 6.45) is 4.89. The van der Waals surface area contributed by atoms with Gasteiger partial charge in [0.25, 0.3) is 5.78 Å². The third-order valence-electron chi connectivity index (χ3n) is 2.71. The van der Waals surface area contributed by atoms with E-state index in [9.17, 15) is 0 Å². The van der Waals surface area contributed by atoms with Crippen molar-refractivity contribution >= 4 is 23.2 Å². The number of hydrogen-bond donors (Lipinski definition) is 1. The van der Waals surface area contributed by atoms with Gasteiger partial charge in [-0.25, -0.2) is 0 Å². The molecule has 0 amide bonds. The zero-order valence-corrected chi connectivity index (χ0v) is 10.9. The maximum atomic E-state index is 6.07. The molecule has 0 aliphatic rings. The number of aromatic nitrogens is 7. The number of nitrogens with one attached hydrogen (secondary N) is 1. The molecule has 1 N–H and O–H groups in total. The summed E-state index contributed by atoms with van der Waals surface area (Å²) in [6, 6.07) is 0. The molecular weight excluding hydrogens is 268 g/mol. The van der Waals surface area contributed by atoms with Crippen molar-refractivity contribution in [1.29, 1.82) is 0 Å². The van der Waals surface area contributed by atoms with Crippen LogP contribution in [0.2, 0.25) is 5.15 Å². The lowest BCUT2D eigenvalue weighted by Gasteiger charge is -2.11. The lowest BCUT2D eigenvalue weighted by molar-refractivity contribution is 0.607. The Kier molecular flexibility index (Phi) is 3.00. The summed E-state index contributed by atoms with van der Waals surface area (Å²) in [5.74, 6) is 1.26. The minimum Gasteiger partial charge on any atom is -0.368 e. The average molecular weight is 279 g/mol. The predicted octanol–water partition coefficient (Wildman–Crippen LogP) is 0.790. The zero-order chi connectivity index (χ0) is 13.2. The van der Waals surface area contributed by atoms with Gasteiger partial charge in [-0.1, -0.05) is 16.8 Å². The van der Waals surface area contributed by atoms with E-state index in [0.717, 1.165) is 11.4 Å². The van der Waals surface area contributed by atoms with Crippen LogP contribution in [0.5, 0.6) is 0 Å². The smallest absolute Gasteiger partial charge is 0.255 e. The molecule has 9 heteroatoms. The Morgan fingerprint density at radius 3 is 3.11 bits per heavy atom. The van der Waals surface area contributed by atoms with Gasteiger partial charge in [0.1, 0.15) is 17.3 Å². The highest BCUT2D eigenvalue weighted by Crippen LogP contribution is 2.21. The second kappa shape index (κ2) is 4.81. The summed E-state index contributed by atoms with van der Waals surface area (Å²) in [5, 5.41) is 15.5. The van der Waals surface area contributed by atoms with Crippen molar-refractivity contribution in [3.8, 4) is 0 Å². The molecule has 98 valence electrons. The maximum Gasteiger partial charge on any atom is 0.255 e. The minimum atomic E-state index is 0.420. The van der Waals surface area contributed by atoms with Crippen molar-refractivity contribution in [1.82, 2.24) is 34.6 Å². The van der Waals surface area contributed by atoms with Crippen LogP contribution in [0.3, 0.4) is 0 Å². The van der Waals surface area contributed by atoms with E-state index < -0.39 is 0 Å². The molecule has 3 rings (SSSR count). The van der Waals surface area contributed by atoms with Crippen LogP contribution in [0, 0.1) is 6.92 Å². The summed E-state index contributed by atoms with van der Waals surface area (Å²) in [4.78, 5) is 8.17. The molecule has 3 aromatic rings. The number of hydrogen-bond acceptors (Lipinski definition) is 6. The molecule has 0 aromatic carbocycles. The van der Waals surface area contributed by atoms with Crippen LogP contribution in [0.1, 0.15) is 5.56 Å². The van der Waals surface area contributed by atoms with Crippen molar-refractivity contribution < 1.29 is 0 Å². The molecule has 0 atom stereocenters. The number of halogens is 1. The highest BCUT2D eigenvalue weighted by atomic mass is 35.5. The SMILES string of the molecule is Cc1c(Cl)nc2ncnn2c1NCCn1ccnn1. The molecule has 0 aliphatic heterocycles. The van der Waals surface area contributed by atoms with Crippen LogP contribution in [0.25, 0.3) is 5.78 Å². The van der Waals surface area contributed by atoms with Gasteiger partial charge in [0.2, 0.25) is 0 Å². The second-order valence-electron chi connectivity index (χ2n) is 3.94. The lowest BCUT2D eigenvalue weighted by atomic mass is 10.3. The lowest BCUT2D eigenvalue weighted by Crippen LogP contribution is -2.15.